The summed E-state index contributed by atoms with van der Waals surface area (Å²) in [6.45, 7) is 2.82. The minimum Gasteiger partial charge on any atom is -0.480 e. The Morgan fingerprint density at radius 2 is 1.53 bits per heavy atom. The minimum absolute atomic E-state index is 0.0975. The Kier molecular flexibility index (Phi) is 8.24. The number of carbonyl (C=O) groups excluding carboxylic acids is 3. The summed E-state index contributed by atoms with van der Waals surface area (Å²) in [5, 5.41) is 16.0. The predicted molar refractivity (Wildman–Crippen MR) is 125 cm³/mol. The van der Waals surface area contributed by atoms with Gasteiger partial charge in [-0.25, -0.2) is 4.79 Å². The Labute approximate surface area is 197 Å². The second-order valence-electron chi connectivity index (χ2n) is 8.22. The number of hydrogen-bond donors (Lipinski definition) is 4. The molecule has 1 aliphatic rings. The summed E-state index contributed by atoms with van der Waals surface area (Å²) in [4.78, 5) is 47.6. The van der Waals surface area contributed by atoms with Crippen molar-refractivity contribution in [2.75, 3.05) is 19.7 Å². The van der Waals surface area contributed by atoms with Crippen LogP contribution in [0.5, 0.6) is 0 Å². The number of hydrogen-bond acceptors (Lipinski definition) is 5. The van der Waals surface area contributed by atoms with Gasteiger partial charge in [0.05, 0.1) is 0 Å². The first-order valence-electron chi connectivity index (χ1n) is 11.2. The molecule has 4 N–H and O–H groups in total. The number of aliphatic carboxylic acids is 1. The van der Waals surface area contributed by atoms with Crippen LogP contribution < -0.4 is 16.0 Å². The van der Waals surface area contributed by atoms with Gasteiger partial charge in [0.15, 0.2) is 0 Å². The highest BCUT2D eigenvalue weighted by Gasteiger charge is 2.29. The molecule has 0 aromatic heterocycles. The summed E-state index contributed by atoms with van der Waals surface area (Å²) in [7, 11) is 0. The van der Waals surface area contributed by atoms with Crippen molar-refractivity contribution in [3.8, 4) is 11.1 Å². The standard InChI is InChI=1S/C25H29N3O6/c1-3-15(2)23(24(32)26-13-22(30)31)28-21(29)12-27-25(33)34-14-20-18-10-6-4-8-16(18)17-9-5-7-11-19(17)20/h4-11,15,20,23H,3,12-14H2,1-2H3,(H,26,32)(H,27,33)(H,28,29)(H,30,31)/t15-,23-/m0/s1. The third kappa shape index (κ3) is 5.92. The van der Waals surface area contributed by atoms with Gasteiger partial charge < -0.3 is 25.8 Å². The lowest BCUT2D eigenvalue weighted by Gasteiger charge is -2.23. The molecule has 0 saturated heterocycles. The number of rotatable bonds is 10. The highest BCUT2D eigenvalue weighted by Crippen LogP contribution is 2.44. The van der Waals surface area contributed by atoms with E-state index in [0.29, 0.717) is 6.42 Å². The average molecular weight is 468 g/mol. The van der Waals surface area contributed by atoms with Gasteiger partial charge in [-0.15, -0.1) is 0 Å². The van der Waals surface area contributed by atoms with Crippen molar-refractivity contribution in [2.24, 2.45) is 5.92 Å². The van der Waals surface area contributed by atoms with Crippen molar-refractivity contribution in [3.63, 3.8) is 0 Å². The van der Waals surface area contributed by atoms with Crippen LogP contribution in [-0.4, -0.2) is 54.7 Å². The topological polar surface area (TPSA) is 134 Å². The molecule has 0 saturated carbocycles. The van der Waals surface area contributed by atoms with Crippen molar-refractivity contribution in [3.05, 3.63) is 59.7 Å². The average Bonchev–Trinajstić information content (AvgIpc) is 3.16. The normalized spacial score (nSPS) is 13.7. The maximum absolute atomic E-state index is 12.3. The number of amides is 3. The monoisotopic (exact) mass is 467 g/mol. The van der Waals surface area contributed by atoms with Gasteiger partial charge >= 0.3 is 12.1 Å². The lowest BCUT2D eigenvalue weighted by atomic mass is 9.98. The number of ether oxygens (including phenoxy) is 1. The Hall–Kier alpha value is -3.88. The molecule has 3 amide bonds. The molecule has 1 aliphatic carbocycles. The van der Waals surface area contributed by atoms with E-state index >= 15 is 0 Å². The van der Waals surface area contributed by atoms with Crippen LogP contribution in [0.3, 0.4) is 0 Å². The zero-order chi connectivity index (χ0) is 24.7. The van der Waals surface area contributed by atoms with Crippen LogP contribution in [-0.2, 0) is 19.1 Å². The molecule has 0 spiro atoms. The zero-order valence-electron chi connectivity index (χ0n) is 19.2. The van der Waals surface area contributed by atoms with Gasteiger partial charge in [0, 0.05) is 5.92 Å². The summed E-state index contributed by atoms with van der Waals surface area (Å²) in [6.07, 6.45) is -0.155. The van der Waals surface area contributed by atoms with Crippen molar-refractivity contribution in [2.45, 2.75) is 32.2 Å². The highest BCUT2D eigenvalue weighted by atomic mass is 16.5. The number of carbonyl (C=O) groups is 4. The second kappa shape index (κ2) is 11.3. The highest BCUT2D eigenvalue weighted by molar-refractivity contribution is 5.91. The van der Waals surface area contributed by atoms with Crippen LogP contribution in [0.15, 0.2) is 48.5 Å². The first-order chi connectivity index (χ1) is 16.3. The Morgan fingerprint density at radius 3 is 2.09 bits per heavy atom. The van der Waals surface area contributed by atoms with E-state index in [1.807, 2.05) is 55.5 Å². The number of nitrogens with one attached hydrogen (secondary N) is 3. The fourth-order valence-electron chi connectivity index (χ4n) is 4.00. The van der Waals surface area contributed by atoms with E-state index in [4.69, 9.17) is 9.84 Å². The van der Waals surface area contributed by atoms with Gasteiger partial charge in [-0.05, 0) is 28.2 Å². The fourth-order valence-corrected chi connectivity index (χ4v) is 4.00. The number of carboxylic acids is 1. The van der Waals surface area contributed by atoms with Crippen LogP contribution in [0, 0.1) is 5.92 Å². The molecule has 180 valence electrons. The third-order valence-corrected chi connectivity index (χ3v) is 5.96. The van der Waals surface area contributed by atoms with Gasteiger partial charge in [0.1, 0.15) is 25.7 Å². The molecule has 9 nitrogen and oxygen atoms in total. The zero-order valence-corrected chi connectivity index (χ0v) is 19.2. The SMILES string of the molecule is CC[C@H](C)[C@H](NC(=O)CNC(=O)OCC1c2ccccc2-c2ccccc21)C(=O)NCC(=O)O. The van der Waals surface area contributed by atoms with Crippen molar-refractivity contribution >= 4 is 23.9 Å². The van der Waals surface area contributed by atoms with Crippen LogP contribution in [0.4, 0.5) is 4.79 Å². The van der Waals surface area contributed by atoms with E-state index in [2.05, 4.69) is 16.0 Å². The van der Waals surface area contributed by atoms with E-state index in [1.165, 1.54) is 0 Å². The van der Waals surface area contributed by atoms with Crippen LogP contribution in [0.25, 0.3) is 11.1 Å². The first kappa shape index (κ1) is 24.8. The lowest BCUT2D eigenvalue weighted by molar-refractivity contribution is -0.138. The van der Waals surface area contributed by atoms with E-state index in [1.54, 1.807) is 6.92 Å². The Bertz CT molecular complexity index is 1020. The number of fused-ring (bicyclic) bond motifs is 3. The van der Waals surface area contributed by atoms with Crippen LogP contribution in [0.2, 0.25) is 0 Å². The van der Waals surface area contributed by atoms with E-state index in [9.17, 15) is 19.2 Å². The van der Waals surface area contributed by atoms with Gasteiger partial charge in [-0.3, -0.25) is 14.4 Å². The number of benzene rings is 2. The summed E-state index contributed by atoms with van der Waals surface area (Å²) in [5.41, 5.74) is 4.39. The van der Waals surface area contributed by atoms with E-state index < -0.39 is 36.5 Å². The van der Waals surface area contributed by atoms with Gasteiger partial charge in [0.2, 0.25) is 11.8 Å². The second-order valence-corrected chi connectivity index (χ2v) is 8.22. The van der Waals surface area contributed by atoms with Gasteiger partial charge in [-0.1, -0.05) is 68.8 Å². The van der Waals surface area contributed by atoms with Crippen molar-refractivity contribution in [1.82, 2.24) is 16.0 Å². The quantitative estimate of drug-likeness (QED) is 0.424. The van der Waals surface area contributed by atoms with Gasteiger partial charge in [-0.2, -0.15) is 0 Å². The molecule has 2 aromatic carbocycles. The number of alkyl carbamates (subject to hydrolysis) is 1. The minimum atomic E-state index is -1.18. The Morgan fingerprint density at radius 1 is 0.941 bits per heavy atom. The summed E-state index contributed by atoms with van der Waals surface area (Å²) in [5.74, 6) is -2.68. The van der Waals surface area contributed by atoms with Crippen LogP contribution in [0.1, 0.15) is 37.3 Å². The maximum atomic E-state index is 12.3. The molecular weight excluding hydrogens is 438 g/mol. The smallest absolute Gasteiger partial charge is 0.407 e. The van der Waals surface area contributed by atoms with Gasteiger partial charge in [0.25, 0.3) is 0 Å². The van der Waals surface area contributed by atoms with E-state index in [-0.39, 0.29) is 25.0 Å². The lowest BCUT2D eigenvalue weighted by Crippen LogP contribution is -2.53. The van der Waals surface area contributed by atoms with Crippen molar-refractivity contribution < 1.29 is 29.0 Å². The molecule has 3 rings (SSSR count). The molecule has 0 heterocycles. The third-order valence-electron chi connectivity index (χ3n) is 5.96. The largest absolute Gasteiger partial charge is 0.480 e. The summed E-state index contributed by atoms with van der Waals surface area (Å²) >= 11 is 0. The molecular formula is C25H29N3O6. The molecule has 0 fully saturated rings. The molecule has 0 unspecified atom stereocenters. The van der Waals surface area contributed by atoms with Crippen LogP contribution >= 0.6 is 0 Å². The van der Waals surface area contributed by atoms with E-state index in [0.717, 1.165) is 22.3 Å². The number of carboxylic acid groups (broad SMARTS) is 1. The Balaban J connectivity index is 1.52. The molecule has 34 heavy (non-hydrogen) atoms. The molecule has 0 aliphatic heterocycles. The van der Waals surface area contributed by atoms with Crippen molar-refractivity contribution in [1.29, 1.82) is 0 Å². The molecule has 2 aromatic rings. The summed E-state index contributed by atoms with van der Waals surface area (Å²) in [6, 6.07) is 15.0. The fraction of sp³-hybridized carbons (Fsp3) is 0.360. The molecule has 0 bridgehead atoms. The molecule has 2 atom stereocenters. The first-order valence-corrected chi connectivity index (χ1v) is 11.2. The predicted octanol–water partition coefficient (Wildman–Crippen LogP) is 2.26. The maximum Gasteiger partial charge on any atom is 0.407 e. The summed E-state index contributed by atoms with van der Waals surface area (Å²) < 4.78 is 5.40. The molecule has 0 radical (unpaired) electrons. The molecule has 9 heteroatoms.